The van der Waals surface area contributed by atoms with Crippen molar-refractivity contribution in [2.45, 2.75) is 32.2 Å². The molecule has 1 aliphatic heterocycles. The van der Waals surface area contributed by atoms with Crippen molar-refractivity contribution in [3.05, 3.63) is 11.3 Å². The maximum atomic E-state index is 11.0. The van der Waals surface area contributed by atoms with E-state index in [1.807, 2.05) is 4.68 Å². The Labute approximate surface area is 88.2 Å². The molecule has 0 radical (unpaired) electrons. The van der Waals surface area contributed by atoms with E-state index in [0.717, 1.165) is 31.4 Å². The molecule has 1 unspecified atom stereocenters. The minimum Gasteiger partial charge on any atom is -0.477 e. The molecule has 80 valence electrons. The Morgan fingerprint density at radius 2 is 2.33 bits per heavy atom. The maximum absolute atomic E-state index is 11.0. The van der Waals surface area contributed by atoms with E-state index in [2.05, 4.69) is 12.0 Å². The van der Waals surface area contributed by atoms with Gasteiger partial charge in [0.2, 0.25) is 5.88 Å². The van der Waals surface area contributed by atoms with Gasteiger partial charge in [-0.3, -0.25) is 4.79 Å². The first-order valence-corrected chi connectivity index (χ1v) is 5.48. The molecule has 0 N–H and O–H groups in total. The quantitative estimate of drug-likeness (QED) is 0.690. The van der Waals surface area contributed by atoms with E-state index in [4.69, 9.17) is 4.74 Å². The fraction of sp³-hybridized carbons (Fsp3) is 0.636. The summed E-state index contributed by atoms with van der Waals surface area (Å²) in [5, 5.41) is 4.49. The molecule has 1 fully saturated rings. The van der Waals surface area contributed by atoms with E-state index >= 15 is 0 Å². The summed E-state index contributed by atoms with van der Waals surface area (Å²) in [7, 11) is 0. The SMILES string of the molecule is CC1COc2c(C=O)c(C3CC3)nn2C1. The lowest BCUT2D eigenvalue weighted by Gasteiger charge is -2.20. The number of ether oxygens (including phenoxy) is 1. The highest BCUT2D eigenvalue weighted by Gasteiger charge is 2.33. The second-order valence-electron chi connectivity index (χ2n) is 4.59. The number of aromatic nitrogens is 2. The van der Waals surface area contributed by atoms with Crippen molar-refractivity contribution in [3.63, 3.8) is 0 Å². The minimum absolute atomic E-state index is 0.476. The standard InChI is InChI=1S/C11H14N2O2/c1-7-4-13-11(15-6-7)9(5-14)10(12-13)8-2-3-8/h5,7-8H,2-4,6H2,1H3. The predicted octanol–water partition coefficient (Wildman–Crippen LogP) is 1.60. The second-order valence-corrected chi connectivity index (χ2v) is 4.59. The summed E-state index contributed by atoms with van der Waals surface area (Å²) in [6.07, 6.45) is 3.21. The predicted molar refractivity (Wildman–Crippen MR) is 54.2 cm³/mol. The molecule has 0 spiro atoms. The number of aldehydes is 1. The molecule has 0 saturated heterocycles. The summed E-state index contributed by atoms with van der Waals surface area (Å²) in [4.78, 5) is 11.0. The Balaban J connectivity index is 2.06. The summed E-state index contributed by atoms with van der Waals surface area (Å²) < 4.78 is 7.44. The molecule has 0 aromatic carbocycles. The van der Waals surface area contributed by atoms with Gasteiger partial charge in [0.05, 0.1) is 24.4 Å². The normalized spacial score (nSPS) is 24.5. The molecule has 1 saturated carbocycles. The molecule has 1 aromatic heterocycles. The Morgan fingerprint density at radius 1 is 1.53 bits per heavy atom. The number of fused-ring (bicyclic) bond motifs is 1. The first-order chi connectivity index (χ1) is 7.29. The summed E-state index contributed by atoms with van der Waals surface area (Å²) in [6.45, 7) is 3.68. The Hall–Kier alpha value is -1.32. The molecule has 0 bridgehead atoms. The van der Waals surface area contributed by atoms with Crippen molar-refractivity contribution < 1.29 is 9.53 Å². The summed E-state index contributed by atoms with van der Waals surface area (Å²) in [5.41, 5.74) is 1.64. The monoisotopic (exact) mass is 206 g/mol. The number of hydrogen-bond donors (Lipinski definition) is 0. The van der Waals surface area contributed by atoms with E-state index < -0.39 is 0 Å². The van der Waals surface area contributed by atoms with Crippen LogP contribution in [0.4, 0.5) is 0 Å². The lowest BCUT2D eigenvalue weighted by molar-refractivity contribution is 0.111. The Bertz CT molecular complexity index is 407. The third kappa shape index (κ3) is 1.35. The highest BCUT2D eigenvalue weighted by Crippen LogP contribution is 2.43. The first-order valence-electron chi connectivity index (χ1n) is 5.48. The fourth-order valence-electron chi connectivity index (χ4n) is 2.09. The lowest BCUT2D eigenvalue weighted by atomic mass is 10.1. The van der Waals surface area contributed by atoms with Crippen LogP contribution in [0.3, 0.4) is 0 Å². The van der Waals surface area contributed by atoms with Crippen LogP contribution in [0.2, 0.25) is 0 Å². The highest BCUT2D eigenvalue weighted by molar-refractivity contribution is 5.80. The molecular weight excluding hydrogens is 192 g/mol. The van der Waals surface area contributed by atoms with Gasteiger partial charge in [-0.05, 0) is 12.8 Å². The number of carbonyl (C=O) groups excluding carboxylic acids is 1. The molecule has 4 heteroatoms. The van der Waals surface area contributed by atoms with Crippen LogP contribution in [0.25, 0.3) is 0 Å². The third-order valence-electron chi connectivity index (χ3n) is 3.04. The van der Waals surface area contributed by atoms with Gasteiger partial charge in [-0.15, -0.1) is 0 Å². The van der Waals surface area contributed by atoms with Gasteiger partial charge in [-0.2, -0.15) is 5.10 Å². The van der Waals surface area contributed by atoms with Crippen LogP contribution in [0.5, 0.6) is 5.88 Å². The maximum Gasteiger partial charge on any atom is 0.222 e. The molecule has 4 nitrogen and oxygen atoms in total. The number of nitrogens with zero attached hydrogens (tertiary/aromatic N) is 2. The average Bonchev–Trinajstić information content (AvgIpc) is 2.99. The van der Waals surface area contributed by atoms with Crippen LogP contribution in [0, 0.1) is 5.92 Å². The summed E-state index contributed by atoms with van der Waals surface area (Å²) >= 11 is 0. The van der Waals surface area contributed by atoms with E-state index in [0.29, 0.717) is 29.9 Å². The second kappa shape index (κ2) is 3.08. The van der Waals surface area contributed by atoms with E-state index in [1.54, 1.807) is 0 Å². The van der Waals surface area contributed by atoms with E-state index in [9.17, 15) is 4.79 Å². The van der Waals surface area contributed by atoms with Gasteiger partial charge in [-0.1, -0.05) is 6.92 Å². The lowest BCUT2D eigenvalue weighted by Crippen LogP contribution is -2.23. The largest absolute Gasteiger partial charge is 0.477 e. The van der Waals surface area contributed by atoms with Crippen LogP contribution >= 0.6 is 0 Å². The summed E-state index contributed by atoms with van der Waals surface area (Å²) in [5.74, 6) is 1.66. The molecule has 2 heterocycles. The molecule has 1 aliphatic carbocycles. The van der Waals surface area contributed by atoms with Crippen molar-refractivity contribution in [3.8, 4) is 5.88 Å². The van der Waals surface area contributed by atoms with Gasteiger partial charge in [0, 0.05) is 11.8 Å². The molecule has 1 atom stereocenters. The van der Waals surface area contributed by atoms with Crippen LogP contribution in [-0.2, 0) is 6.54 Å². The van der Waals surface area contributed by atoms with Crippen LogP contribution in [0.1, 0.15) is 41.7 Å². The van der Waals surface area contributed by atoms with Gasteiger partial charge in [-0.25, -0.2) is 4.68 Å². The van der Waals surface area contributed by atoms with Gasteiger partial charge in [0.15, 0.2) is 6.29 Å². The molecule has 2 aliphatic rings. The van der Waals surface area contributed by atoms with Crippen LogP contribution in [-0.4, -0.2) is 22.7 Å². The smallest absolute Gasteiger partial charge is 0.222 e. The van der Waals surface area contributed by atoms with Crippen molar-refractivity contribution >= 4 is 6.29 Å². The van der Waals surface area contributed by atoms with Crippen LogP contribution < -0.4 is 4.74 Å². The van der Waals surface area contributed by atoms with Crippen molar-refractivity contribution in [2.75, 3.05) is 6.61 Å². The van der Waals surface area contributed by atoms with Gasteiger partial charge < -0.3 is 4.74 Å². The fourth-order valence-corrected chi connectivity index (χ4v) is 2.09. The Kier molecular flexibility index (Phi) is 1.84. The molecular formula is C11H14N2O2. The number of hydrogen-bond acceptors (Lipinski definition) is 3. The van der Waals surface area contributed by atoms with E-state index in [-0.39, 0.29) is 0 Å². The Morgan fingerprint density at radius 3 is 3.00 bits per heavy atom. The zero-order chi connectivity index (χ0) is 10.4. The molecule has 0 amide bonds. The first kappa shape index (κ1) is 8.95. The molecule has 3 rings (SSSR count). The minimum atomic E-state index is 0.476. The third-order valence-corrected chi connectivity index (χ3v) is 3.04. The van der Waals surface area contributed by atoms with Crippen molar-refractivity contribution in [2.24, 2.45) is 5.92 Å². The highest BCUT2D eigenvalue weighted by atomic mass is 16.5. The topological polar surface area (TPSA) is 44.1 Å². The van der Waals surface area contributed by atoms with E-state index in [1.165, 1.54) is 0 Å². The van der Waals surface area contributed by atoms with Gasteiger partial charge in [0.25, 0.3) is 0 Å². The average molecular weight is 206 g/mol. The zero-order valence-electron chi connectivity index (χ0n) is 8.77. The van der Waals surface area contributed by atoms with Gasteiger partial charge >= 0.3 is 0 Å². The summed E-state index contributed by atoms with van der Waals surface area (Å²) in [6, 6.07) is 0. The molecule has 1 aromatic rings. The number of carbonyl (C=O) groups is 1. The number of rotatable bonds is 2. The van der Waals surface area contributed by atoms with Crippen molar-refractivity contribution in [1.29, 1.82) is 0 Å². The van der Waals surface area contributed by atoms with Gasteiger partial charge in [0.1, 0.15) is 0 Å². The van der Waals surface area contributed by atoms with Crippen LogP contribution in [0.15, 0.2) is 0 Å². The molecule has 15 heavy (non-hydrogen) atoms. The van der Waals surface area contributed by atoms with Crippen molar-refractivity contribution in [1.82, 2.24) is 9.78 Å². The zero-order valence-corrected chi connectivity index (χ0v) is 8.77.